The maximum absolute atomic E-state index is 11.3. The average molecular weight is 314 g/mol. The van der Waals surface area contributed by atoms with Crippen LogP contribution in [0.3, 0.4) is 0 Å². The normalized spacial score (nSPS) is 11.9. The summed E-state index contributed by atoms with van der Waals surface area (Å²) in [5.74, 6) is -0.319. The molecule has 20 heavy (non-hydrogen) atoms. The Morgan fingerprint density at radius 2 is 2.15 bits per heavy atom. The molecule has 0 spiro atoms. The van der Waals surface area contributed by atoms with E-state index in [1.54, 1.807) is 6.07 Å². The van der Waals surface area contributed by atoms with Gasteiger partial charge in [0.2, 0.25) is 15.9 Å². The Morgan fingerprint density at radius 3 is 2.70 bits per heavy atom. The average Bonchev–Trinajstić information content (AvgIpc) is 2.71. The summed E-state index contributed by atoms with van der Waals surface area (Å²) in [6, 6.07) is 4.51. The number of carbonyl (C=O) groups is 1. The molecular weight excluding hydrogens is 300 g/mol. The van der Waals surface area contributed by atoms with E-state index < -0.39 is 15.9 Å². The molecule has 2 aromatic rings. The van der Waals surface area contributed by atoms with E-state index in [0.29, 0.717) is 17.2 Å². The van der Waals surface area contributed by atoms with E-state index in [2.05, 4.69) is 4.98 Å². The highest BCUT2D eigenvalue weighted by Gasteiger charge is 2.14. The highest BCUT2D eigenvalue weighted by atomic mass is 32.2. The number of nitrogens with zero attached hydrogens (tertiary/aromatic N) is 2. The number of thioether (sulfide) groups is 1. The first-order chi connectivity index (χ1) is 9.32. The number of primary sulfonamides is 1. The fourth-order valence-corrected chi connectivity index (χ4v) is 3.17. The Morgan fingerprint density at radius 1 is 1.45 bits per heavy atom. The Balaban J connectivity index is 2.53. The van der Waals surface area contributed by atoms with Crippen LogP contribution >= 0.6 is 11.8 Å². The van der Waals surface area contributed by atoms with E-state index in [1.807, 2.05) is 11.5 Å². The monoisotopic (exact) mass is 314 g/mol. The van der Waals surface area contributed by atoms with Crippen LogP contribution in [0.15, 0.2) is 28.3 Å². The molecule has 0 aliphatic heterocycles. The molecule has 2 rings (SSSR count). The number of imidazole rings is 1. The lowest BCUT2D eigenvalue weighted by molar-refractivity contribution is -0.115. The number of aromatic nitrogens is 2. The van der Waals surface area contributed by atoms with Gasteiger partial charge in [0.25, 0.3) is 0 Å². The van der Waals surface area contributed by atoms with Crippen LogP contribution in [-0.4, -0.2) is 29.6 Å². The second kappa shape index (κ2) is 5.43. The van der Waals surface area contributed by atoms with Gasteiger partial charge in [-0.3, -0.25) is 4.79 Å². The van der Waals surface area contributed by atoms with Crippen molar-refractivity contribution in [1.29, 1.82) is 0 Å². The lowest BCUT2D eigenvalue weighted by Gasteiger charge is -2.04. The van der Waals surface area contributed by atoms with Crippen LogP contribution in [0.1, 0.15) is 6.92 Å². The summed E-state index contributed by atoms with van der Waals surface area (Å²) in [7, 11) is -3.76. The van der Waals surface area contributed by atoms with Crippen LogP contribution < -0.4 is 10.9 Å². The van der Waals surface area contributed by atoms with E-state index in [1.165, 1.54) is 23.9 Å². The van der Waals surface area contributed by atoms with Crippen LogP contribution in [0, 0.1) is 0 Å². The molecule has 0 atom stereocenters. The van der Waals surface area contributed by atoms with Crippen LogP contribution in [0.5, 0.6) is 0 Å². The third-order valence-corrected chi connectivity index (χ3v) is 4.58. The fraction of sp³-hybridized carbons (Fsp3) is 0.273. The Hall–Kier alpha value is -1.58. The van der Waals surface area contributed by atoms with Crippen molar-refractivity contribution in [3.8, 4) is 0 Å². The highest BCUT2D eigenvalue weighted by Crippen LogP contribution is 2.25. The number of primary amides is 1. The molecule has 0 aliphatic carbocycles. The zero-order valence-electron chi connectivity index (χ0n) is 10.7. The lowest BCUT2D eigenvalue weighted by atomic mass is 10.3. The molecule has 0 bridgehead atoms. The fourth-order valence-electron chi connectivity index (χ4n) is 1.82. The quantitative estimate of drug-likeness (QED) is 0.768. The number of hydrogen-bond acceptors (Lipinski definition) is 5. The summed E-state index contributed by atoms with van der Waals surface area (Å²) in [6.07, 6.45) is 0. The molecule has 108 valence electrons. The second-order valence-corrected chi connectivity index (χ2v) is 6.59. The molecule has 0 fully saturated rings. The SMILES string of the molecule is CCn1c(SCC(N)=O)nc2cc(S(N)(=O)=O)ccc21. The summed E-state index contributed by atoms with van der Waals surface area (Å²) in [6.45, 7) is 2.58. The highest BCUT2D eigenvalue weighted by molar-refractivity contribution is 7.99. The van der Waals surface area contributed by atoms with Crippen molar-refractivity contribution < 1.29 is 13.2 Å². The first kappa shape index (κ1) is 14.8. The summed E-state index contributed by atoms with van der Waals surface area (Å²) in [5.41, 5.74) is 6.42. The Bertz CT molecular complexity index is 767. The van der Waals surface area contributed by atoms with Crippen LogP contribution in [0.4, 0.5) is 0 Å². The number of hydrogen-bond donors (Lipinski definition) is 2. The summed E-state index contributed by atoms with van der Waals surface area (Å²) in [4.78, 5) is 15.2. The van der Waals surface area contributed by atoms with Crippen LogP contribution in [0.25, 0.3) is 11.0 Å². The van der Waals surface area contributed by atoms with Gasteiger partial charge >= 0.3 is 0 Å². The van der Waals surface area contributed by atoms with Gasteiger partial charge in [0, 0.05) is 6.54 Å². The number of nitrogens with two attached hydrogens (primary N) is 2. The number of carbonyl (C=O) groups excluding carboxylic acids is 1. The van der Waals surface area contributed by atoms with Gasteiger partial charge in [-0.1, -0.05) is 11.8 Å². The molecule has 9 heteroatoms. The van der Waals surface area contributed by atoms with E-state index in [9.17, 15) is 13.2 Å². The van der Waals surface area contributed by atoms with Crippen molar-refractivity contribution in [3.05, 3.63) is 18.2 Å². The van der Waals surface area contributed by atoms with E-state index >= 15 is 0 Å². The molecule has 7 nitrogen and oxygen atoms in total. The first-order valence-electron chi connectivity index (χ1n) is 5.77. The molecule has 1 heterocycles. The van der Waals surface area contributed by atoms with Gasteiger partial charge in [0.05, 0.1) is 21.7 Å². The van der Waals surface area contributed by atoms with Gasteiger partial charge in [-0.25, -0.2) is 18.5 Å². The zero-order valence-corrected chi connectivity index (χ0v) is 12.4. The van der Waals surface area contributed by atoms with Crippen LogP contribution in [0.2, 0.25) is 0 Å². The van der Waals surface area contributed by atoms with Gasteiger partial charge in [0.15, 0.2) is 5.16 Å². The molecule has 0 aliphatic rings. The van der Waals surface area contributed by atoms with Crippen LogP contribution in [-0.2, 0) is 21.4 Å². The predicted molar refractivity (Wildman–Crippen MR) is 76.7 cm³/mol. The minimum atomic E-state index is -3.76. The summed E-state index contributed by atoms with van der Waals surface area (Å²) in [5, 5.41) is 5.71. The molecule has 1 aromatic carbocycles. The largest absolute Gasteiger partial charge is 0.369 e. The van der Waals surface area contributed by atoms with Crippen molar-refractivity contribution in [2.24, 2.45) is 10.9 Å². The topological polar surface area (TPSA) is 121 Å². The van der Waals surface area contributed by atoms with Crippen molar-refractivity contribution in [1.82, 2.24) is 9.55 Å². The first-order valence-corrected chi connectivity index (χ1v) is 8.30. The van der Waals surface area contributed by atoms with Crippen molar-refractivity contribution in [2.45, 2.75) is 23.5 Å². The number of amides is 1. The Kier molecular flexibility index (Phi) is 4.02. The van der Waals surface area contributed by atoms with E-state index in [0.717, 1.165) is 5.52 Å². The number of rotatable bonds is 5. The van der Waals surface area contributed by atoms with E-state index in [-0.39, 0.29) is 10.6 Å². The third kappa shape index (κ3) is 2.94. The maximum Gasteiger partial charge on any atom is 0.238 e. The van der Waals surface area contributed by atoms with Gasteiger partial charge in [0.1, 0.15) is 0 Å². The van der Waals surface area contributed by atoms with Gasteiger partial charge < -0.3 is 10.3 Å². The maximum atomic E-state index is 11.3. The smallest absolute Gasteiger partial charge is 0.238 e. The van der Waals surface area contributed by atoms with Gasteiger partial charge in [-0.15, -0.1) is 0 Å². The molecule has 0 radical (unpaired) electrons. The molecular formula is C11H14N4O3S2. The summed E-state index contributed by atoms with van der Waals surface area (Å²) < 4.78 is 24.5. The van der Waals surface area contributed by atoms with E-state index in [4.69, 9.17) is 10.9 Å². The third-order valence-electron chi connectivity index (χ3n) is 2.67. The molecule has 4 N–H and O–H groups in total. The van der Waals surface area contributed by atoms with Crippen molar-refractivity contribution in [3.63, 3.8) is 0 Å². The molecule has 1 aromatic heterocycles. The lowest BCUT2D eigenvalue weighted by Crippen LogP contribution is -2.13. The van der Waals surface area contributed by atoms with Crippen molar-refractivity contribution in [2.75, 3.05) is 5.75 Å². The van der Waals surface area contributed by atoms with Gasteiger partial charge in [-0.2, -0.15) is 0 Å². The minimum absolute atomic E-state index is 0.0113. The standard InChI is InChI=1S/C11H14N4O3S2/c1-2-15-9-4-3-7(20(13,17)18)5-8(9)14-11(15)19-6-10(12)16/h3-5H,2,6H2,1H3,(H2,12,16)(H2,13,17,18). The molecule has 1 amide bonds. The van der Waals surface area contributed by atoms with Crippen molar-refractivity contribution >= 4 is 38.7 Å². The minimum Gasteiger partial charge on any atom is -0.369 e. The summed E-state index contributed by atoms with van der Waals surface area (Å²) >= 11 is 1.22. The Labute approximate surface area is 120 Å². The van der Waals surface area contributed by atoms with Gasteiger partial charge in [-0.05, 0) is 25.1 Å². The predicted octanol–water partition coefficient (Wildman–Crippen LogP) is 0.281. The number of sulfonamides is 1. The zero-order chi connectivity index (χ0) is 14.9. The molecule has 0 unspecified atom stereocenters. The molecule has 0 saturated heterocycles. The number of benzene rings is 1. The number of aryl methyl sites for hydroxylation is 1. The molecule has 0 saturated carbocycles. The number of fused-ring (bicyclic) bond motifs is 1. The second-order valence-electron chi connectivity index (χ2n) is 4.09.